The number of nitrogens with zero attached hydrogens (tertiary/aromatic N) is 2. The van der Waals surface area contributed by atoms with E-state index in [1.807, 2.05) is 24.3 Å². The molecule has 0 aliphatic carbocycles. The lowest BCUT2D eigenvalue weighted by atomic mass is 10.3. The maximum Gasteiger partial charge on any atom is 0.141 e. The maximum atomic E-state index is 5.84. The van der Waals surface area contributed by atoms with Crippen molar-refractivity contribution in [1.29, 1.82) is 0 Å². The lowest BCUT2D eigenvalue weighted by Crippen LogP contribution is -1.96. The molecule has 1 aromatic carbocycles. The van der Waals surface area contributed by atoms with Crippen molar-refractivity contribution in [3.8, 4) is 5.75 Å². The van der Waals surface area contributed by atoms with E-state index < -0.39 is 0 Å². The van der Waals surface area contributed by atoms with Crippen LogP contribution in [0.2, 0.25) is 4.34 Å². The third kappa shape index (κ3) is 2.90. The summed E-state index contributed by atoms with van der Waals surface area (Å²) in [6.07, 6.45) is 0. The van der Waals surface area contributed by atoms with Crippen molar-refractivity contribution in [3.63, 3.8) is 0 Å². The lowest BCUT2D eigenvalue weighted by molar-refractivity contribution is 0.301. The Balaban J connectivity index is 2.02. The molecular weight excluding hydrogens is 300 g/mol. The second kappa shape index (κ2) is 4.92. The average Bonchev–Trinajstić information content (AvgIpc) is 2.61. The van der Waals surface area contributed by atoms with E-state index in [-0.39, 0.29) is 0 Å². The van der Waals surface area contributed by atoms with Gasteiger partial charge in [0.2, 0.25) is 0 Å². The summed E-state index contributed by atoms with van der Waals surface area (Å²) in [4.78, 5) is 0. The number of benzene rings is 1. The monoisotopic (exact) mass is 304 g/mol. The van der Waals surface area contributed by atoms with Crippen molar-refractivity contribution in [2.45, 2.75) is 6.61 Å². The summed E-state index contributed by atoms with van der Waals surface area (Å²) in [6, 6.07) is 7.59. The van der Waals surface area contributed by atoms with Gasteiger partial charge in [0.05, 0.1) is 0 Å². The van der Waals surface area contributed by atoms with Gasteiger partial charge in [-0.1, -0.05) is 38.1 Å². The third-order valence-electron chi connectivity index (χ3n) is 1.68. The summed E-state index contributed by atoms with van der Waals surface area (Å²) < 4.78 is 10.8. The van der Waals surface area contributed by atoms with Gasteiger partial charge in [0.15, 0.2) is 0 Å². The summed E-state index contributed by atoms with van der Waals surface area (Å²) in [5.41, 5.74) is 0.668. The Bertz CT molecular complexity index is 463. The predicted octanol–water partition coefficient (Wildman–Crippen LogP) is 3.53. The van der Waals surface area contributed by atoms with Crippen molar-refractivity contribution in [1.82, 2.24) is 9.59 Å². The van der Waals surface area contributed by atoms with Gasteiger partial charge >= 0.3 is 0 Å². The minimum atomic E-state index is 0.339. The Labute approximate surface area is 104 Å². The number of aromatic nitrogens is 2. The molecule has 2 aromatic rings. The van der Waals surface area contributed by atoms with Crippen LogP contribution in [0.3, 0.4) is 0 Å². The SMILES string of the molecule is Clc1snnc1COc1cccc(Br)c1. The minimum absolute atomic E-state index is 0.339. The molecule has 1 aromatic heterocycles. The van der Waals surface area contributed by atoms with E-state index in [1.54, 1.807) is 0 Å². The number of halogens is 2. The molecule has 6 heteroatoms. The van der Waals surface area contributed by atoms with Crippen LogP contribution in [0.4, 0.5) is 0 Å². The van der Waals surface area contributed by atoms with Gasteiger partial charge in [-0.2, -0.15) is 0 Å². The molecule has 0 atom stereocenters. The highest BCUT2D eigenvalue weighted by Gasteiger charge is 2.05. The summed E-state index contributed by atoms with van der Waals surface area (Å²) in [5, 5.41) is 3.85. The first kappa shape index (κ1) is 10.9. The molecule has 3 nitrogen and oxygen atoms in total. The molecular formula is C9H6BrClN2OS. The largest absolute Gasteiger partial charge is 0.487 e. The van der Waals surface area contributed by atoms with Crippen LogP contribution in [0, 0.1) is 0 Å². The quantitative estimate of drug-likeness (QED) is 0.870. The molecule has 0 unspecified atom stereocenters. The van der Waals surface area contributed by atoms with Gasteiger partial charge < -0.3 is 4.74 Å². The number of ether oxygens (including phenoxy) is 1. The Morgan fingerprint density at radius 2 is 2.33 bits per heavy atom. The fourth-order valence-corrected chi connectivity index (χ4v) is 1.97. The molecule has 2 rings (SSSR count). The van der Waals surface area contributed by atoms with Gasteiger partial charge in [-0.3, -0.25) is 0 Å². The lowest BCUT2D eigenvalue weighted by Gasteiger charge is -2.03. The van der Waals surface area contributed by atoms with Crippen LogP contribution in [0.1, 0.15) is 5.69 Å². The van der Waals surface area contributed by atoms with Crippen molar-refractivity contribution >= 4 is 39.1 Å². The fourth-order valence-electron chi connectivity index (χ4n) is 0.992. The first-order chi connectivity index (χ1) is 7.25. The molecule has 0 saturated carbocycles. The first-order valence-corrected chi connectivity index (χ1v) is 6.05. The molecule has 15 heavy (non-hydrogen) atoms. The van der Waals surface area contributed by atoms with Crippen LogP contribution in [0.15, 0.2) is 28.7 Å². The molecule has 1 heterocycles. The van der Waals surface area contributed by atoms with Crippen LogP contribution < -0.4 is 4.74 Å². The van der Waals surface area contributed by atoms with Gasteiger partial charge in [-0.05, 0) is 18.2 Å². The molecule has 0 bridgehead atoms. The summed E-state index contributed by atoms with van der Waals surface area (Å²) in [5.74, 6) is 0.772. The second-order valence-corrected chi connectivity index (χ2v) is 5.01. The minimum Gasteiger partial charge on any atom is -0.487 e. The second-order valence-electron chi connectivity index (χ2n) is 2.74. The summed E-state index contributed by atoms with van der Waals surface area (Å²) >= 11 is 10.4. The van der Waals surface area contributed by atoms with Gasteiger partial charge in [-0.25, -0.2) is 0 Å². The zero-order chi connectivity index (χ0) is 10.7. The first-order valence-electron chi connectivity index (χ1n) is 4.11. The van der Waals surface area contributed by atoms with E-state index in [0.29, 0.717) is 16.6 Å². The maximum absolute atomic E-state index is 5.84. The van der Waals surface area contributed by atoms with Crippen LogP contribution >= 0.6 is 39.1 Å². The molecule has 0 spiro atoms. The highest BCUT2D eigenvalue weighted by Crippen LogP contribution is 2.21. The van der Waals surface area contributed by atoms with Crippen LogP contribution in [0.25, 0.3) is 0 Å². The molecule has 0 fully saturated rings. The molecule has 0 radical (unpaired) electrons. The van der Waals surface area contributed by atoms with E-state index in [9.17, 15) is 0 Å². The van der Waals surface area contributed by atoms with Crippen molar-refractivity contribution in [3.05, 3.63) is 38.8 Å². The van der Waals surface area contributed by atoms with Gasteiger partial charge in [0.1, 0.15) is 22.4 Å². The van der Waals surface area contributed by atoms with Crippen molar-refractivity contribution < 1.29 is 4.74 Å². The van der Waals surface area contributed by atoms with Crippen LogP contribution in [0.5, 0.6) is 5.75 Å². The Kier molecular flexibility index (Phi) is 3.56. The molecule has 0 N–H and O–H groups in total. The smallest absolute Gasteiger partial charge is 0.141 e. The van der Waals surface area contributed by atoms with E-state index in [1.165, 1.54) is 0 Å². The Hall–Kier alpha value is -0.650. The zero-order valence-corrected chi connectivity index (χ0v) is 10.6. The average molecular weight is 306 g/mol. The van der Waals surface area contributed by atoms with E-state index in [0.717, 1.165) is 21.8 Å². The standard InChI is InChI=1S/C9H6BrClN2OS/c10-6-2-1-3-7(4-6)14-5-8-9(11)15-13-12-8/h1-4H,5H2. The number of rotatable bonds is 3. The zero-order valence-electron chi connectivity index (χ0n) is 7.48. The van der Waals surface area contributed by atoms with E-state index in [4.69, 9.17) is 16.3 Å². The molecule has 0 aliphatic rings. The summed E-state index contributed by atoms with van der Waals surface area (Å²) in [7, 11) is 0. The Morgan fingerprint density at radius 1 is 1.47 bits per heavy atom. The topological polar surface area (TPSA) is 35.0 Å². The van der Waals surface area contributed by atoms with E-state index in [2.05, 4.69) is 25.5 Å². The summed E-state index contributed by atoms with van der Waals surface area (Å²) in [6.45, 7) is 0.339. The van der Waals surface area contributed by atoms with Crippen LogP contribution in [-0.2, 0) is 6.61 Å². The van der Waals surface area contributed by atoms with Crippen molar-refractivity contribution in [2.24, 2.45) is 0 Å². The highest BCUT2D eigenvalue weighted by atomic mass is 79.9. The molecule has 0 amide bonds. The normalized spacial score (nSPS) is 10.3. The molecule has 0 saturated heterocycles. The molecule has 0 aliphatic heterocycles. The number of hydrogen-bond donors (Lipinski definition) is 0. The van der Waals surface area contributed by atoms with Crippen LogP contribution in [-0.4, -0.2) is 9.59 Å². The fraction of sp³-hybridized carbons (Fsp3) is 0.111. The Morgan fingerprint density at radius 3 is 3.00 bits per heavy atom. The predicted molar refractivity (Wildman–Crippen MR) is 63.4 cm³/mol. The van der Waals surface area contributed by atoms with Gasteiger partial charge in [0.25, 0.3) is 0 Å². The molecule has 78 valence electrons. The van der Waals surface area contributed by atoms with Gasteiger partial charge in [-0.15, -0.1) is 5.10 Å². The van der Waals surface area contributed by atoms with E-state index >= 15 is 0 Å². The highest BCUT2D eigenvalue weighted by molar-refractivity contribution is 9.10. The number of hydrogen-bond acceptors (Lipinski definition) is 4. The van der Waals surface area contributed by atoms with Crippen molar-refractivity contribution in [2.75, 3.05) is 0 Å². The third-order valence-corrected chi connectivity index (χ3v) is 3.16. The van der Waals surface area contributed by atoms with Gasteiger partial charge in [0, 0.05) is 16.0 Å².